The molecule has 0 N–H and O–H groups in total. The Kier molecular flexibility index (Phi) is 6.83. The lowest BCUT2D eigenvalue weighted by atomic mass is 9.76. The Hall–Kier alpha value is -2.95. The third-order valence-corrected chi connectivity index (χ3v) is 5.89. The van der Waals surface area contributed by atoms with Crippen molar-refractivity contribution < 1.29 is 0 Å². The van der Waals surface area contributed by atoms with Crippen molar-refractivity contribution in [1.29, 1.82) is 0 Å². The van der Waals surface area contributed by atoms with E-state index in [0.717, 1.165) is 12.1 Å². The number of benzene rings is 2. The molecule has 0 aliphatic heterocycles. The van der Waals surface area contributed by atoms with Crippen LogP contribution in [0.4, 0.5) is 11.9 Å². The average Bonchev–Trinajstić information content (AvgIpc) is 2.73. The van der Waals surface area contributed by atoms with Gasteiger partial charge in [-0.1, -0.05) is 84.0 Å². The third kappa shape index (κ3) is 5.70. The highest BCUT2D eigenvalue weighted by molar-refractivity contribution is 5.58. The molecule has 176 valence electrons. The summed E-state index contributed by atoms with van der Waals surface area (Å²) in [6.45, 7) is 16.7. The van der Waals surface area contributed by atoms with Crippen LogP contribution in [-0.2, 0) is 17.4 Å². The second-order valence-electron chi connectivity index (χ2n) is 11.2. The molecule has 3 aromatic rings. The summed E-state index contributed by atoms with van der Waals surface area (Å²) in [6, 6.07) is 14.8. The molecule has 0 radical (unpaired) electrons. The molecule has 0 spiro atoms. The first kappa shape index (κ1) is 24.7. The first-order chi connectivity index (χ1) is 15.3. The highest BCUT2D eigenvalue weighted by Gasteiger charge is 2.25. The zero-order valence-corrected chi connectivity index (χ0v) is 22.0. The van der Waals surface area contributed by atoms with E-state index in [1.54, 1.807) is 0 Å². The molecule has 0 unspecified atom stereocenters. The molecule has 33 heavy (non-hydrogen) atoms. The number of hydrogen-bond acceptors (Lipinski definition) is 5. The van der Waals surface area contributed by atoms with Crippen LogP contribution in [0.25, 0.3) is 11.4 Å². The maximum Gasteiger partial charge on any atom is 0.230 e. The van der Waals surface area contributed by atoms with Gasteiger partial charge in [-0.3, -0.25) is 0 Å². The third-order valence-electron chi connectivity index (χ3n) is 5.89. The topological polar surface area (TPSA) is 45.2 Å². The maximum atomic E-state index is 4.82. The van der Waals surface area contributed by atoms with Crippen molar-refractivity contribution >= 4 is 11.9 Å². The molecule has 3 rings (SSSR count). The minimum absolute atomic E-state index is 0.0738. The lowest BCUT2D eigenvalue weighted by Gasteiger charge is -2.30. The van der Waals surface area contributed by atoms with Crippen LogP contribution >= 0.6 is 0 Å². The highest BCUT2D eigenvalue weighted by Crippen LogP contribution is 2.35. The van der Waals surface area contributed by atoms with Crippen LogP contribution in [0.2, 0.25) is 0 Å². The van der Waals surface area contributed by atoms with Crippen LogP contribution < -0.4 is 9.80 Å². The van der Waals surface area contributed by atoms with Crippen molar-refractivity contribution in [1.82, 2.24) is 15.0 Å². The molecule has 5 heteroatoms. The van der Waals surface area contributed by atoms with Gasteiger partial charge in [-0.25, -0.2) is 0 Å². The Labute approximate surface area is 199 Å². The van der Waals surface area contributed by atoms with E-state index in [1.807, 2.05) is 49.3 Å². The minimum atomic E-state index is 0.0738. The van der Waals surface area contributed by atoms with E-state index in [1.165, 1.54) is 22.3 Å². The predicted octanol–water partition coefficient (Wildman–Crippen LogP) is 6.14. The number of anilines is 2. The van der Waals surface area contributed by atoms with Crippen molar-refractivity contribution in [2.75, 3.05) is 30.9 Å². The van der Waals surface area contributed by atoms with Gasteiger partial charge in [0.25, 0.3) is 0 Å². The van der Waals surface area contributed by atoms with Gasteiger partial charge in [-0.05, 0) is 40.0 Å². The Balaban J connectivity index is 2.05. The zero-order valence-electron chi connectivity index (χ0n) is 22.0. The Bertz CT molecular complexity index is 1070. The lowest BCUT2D eigenvalue weighted by Crippen LogP contribution is -2.24. The first-order valence-corrected chi connectivity index (χ1v) is 11.6. The summed E-state index contributed by atoms with van der Waals surface area (Å²) >= 11 is 0. The lowest BCUT2D eigenvalue weighted by molar-refractivity contribution is 0.559. The van der Waals surface area contributed by atoms with Crippen molar-refractivity contribution in [3.05, 3.63) is 64.7 Å². The molecular formula is C28H39N5. The van der Waals surface area contributed by atoms with Crippen molar-refractivity contribution in [3.63, 3.8) is 0 Å². The second kappa shape index (κ2) is 9.12. The Morgan fingerprint density at radius 3 is 1.73 bits per heavy atom. The molecule has 1 heterocycles. The fourth-order valence-corrected chi connectivity index (χ4v) is 4.21. The van der Waals surface area contributed by atoms with Crippen LogP contribution in [0, 0.1) is 6.92 Å². The van der Waals surface area contributed by atoms with E-state index in [4.69, 9.17) is 9.97 Å². The Morgan fingerprint density at radius 1 is 0.727 bits per heavy atom. The number of aromatic nitrogens is 3. The minimum Gasteiger partial charge on any atom is -0.347 e. The summed E-state index contributed by atoms with van der Waals surface area (Å²) in [5, 5.41) is 0. The van der Waals surface area contributed by atoms with E-state index in [0.29, 0.717) is 17.7 Å². The van der Waals surface area contributed by atoms with Gasteiger partial charge in [0.05, 0.1) is 0 Å². The fraction of sp³-hybridized carbons (Fsp3) is 0.464. The molecule has 0 saturated heterocycles. The largest absolute Gasteiger partial charge is 0.347 e. The van der Waals surface area contributed by atoms with E-state index in [9.17, 15) is 0 Å². The normalized spacial score (nSPS) is 12.1. The molecule has 0 amide bonds. The van der Waals surface area contributed by atoms with Gasteiger partial charge in [0.15, 0.2) is 5.82 Å². The van der Waals surface area contributed by atoms with Crippen LogP contribution in [0.1, 0.15) is 63.8 Å². The van der Waals surface area contributed by atoms with Crippen molar-refractivity contribution in [2.45, 2.75) is 65.8 Å². The molecule has 0 atom stereocenters. The van der Waals surface area contributed by atoms with Crippen molar-refractivity contribution in [3.8, 4) is 11.4 Å². The van der Waals surface area contributed by atoms with Crippen molar-refractivity contribution in [2.24, 2.45) is 0 Å². The van der Waals surface area contributed by atoms with Gasteiger partial charge >= 0.3 is 0 Å². The first-order valence-electron chi connectivity index (χ1n) is 11.6. The fourth-order valence-electron chi connectivity index (χ4n) is 4.21. The summed E-state index contributed by atoms with van der Waals surface area (Å²) in [5.41, 5.74) is 6.59. The molecule has 0 bridgehead atoms. The zero-order chi connectivity index (χ0) is 24.6. The van der Waals surface area contributed by atoms with Gasteiger partial charge in [0.2, 0.25) is 11.9 Å². The summed E-state index contributed by atoms with van der Waals surface area (Å²) in [6.07, 6.45) is 0. The molecule has 1 aromatic heterocycles. The average molecular weight is 446 g/mol. The summed E-state index contributed by atoms with van der Waals surface area (Å²) in [5.74, 6) is 2.01. The monoisotopic (exact) mass is 445 g/mol. The highest BCUT2D eigenvalue weighted by atomic mass is 15.3. The standard InChI is InChI=1S/C28H39N5/c1-19-22(27(2,3)4)16-20(17-23(19)28(5,6)7)18-33(10)26-30-24(21-14-12-11-13-15-21)29-25(31-26)32(8)9/h11-17H,18H2,1-10H3. The molecule has 0 fully saturated rings. The predicted molar refractivity (Wildman–Crippen MR) is 140 cm³/mol. The van der Waals surface area contributed by atoms with Gasteiger partial charge in [-0.2, -0.15) is 15.0 Å². The molecule has 2 aromatic carbocycles. The summed E-state index contributed by atoms with van der Waals surface area (Å²) in [7, 11) is 5.97. The number of hydrogen-bond donors (Lipinski definition) is 0. The SMILES string of the molecule is Cc1c(C(C)(C)C)cc(CN(C)c2nc(-c3ccccc3)nc(N(C)C)n2)cc1C(C)(C)C. The number of nitrogens with zero attached hydrogens (tertiary/aromatic N) is 5. The van der Waals surface area contributed by atoms with E-state index < -0.39 is 0 Å². The molecule has 0 saturated carbocycles. The van der Waals surface area contributed by atoms with Crippen LogP contribution in [0.15, 0.2) is 42.5 Å². The molecule has 5 nitrogen and oxygen atoms in total. The smallest absolute Gasteiger partial charge is 0.230 e. The number of rotatable bonds is 5. The van der Waals surface area contributed by atoms with Gasteiger partial charge in [-0.15, -0.1) is 0 Å². The van der Waals surface area contributed by atoms with Crippen LogP contribution in [0.3, 0.4) is 0 Å². The summed E-state index contributed by atoms with van der Waals surface area (Å²) < 4.78 is 0. The van der Waals surface area contributed by atoms with Gasteiger partial charge in [0, 0.05) is 33.3 Å². The maximum absolute atomic E-state index is 4.82. The van der Waals surface area contributed by atoms with E-state index in [-0.39, 0.29) is 10.8 Å². The summed E-state index contributed by atoms with van der Waals surface area (Å²) in [4.78, 5) is 18.3. The molecular weight excluding hydrogens is 406 g/mol. The second-order valence-corrected chi connectivity index (χ2v) is 11.2. The van der Waals surface area contributed by atoms with Crippen LogP contribution in [0.5, 0.6) is 0 Å². The van der Waals surface area contributed by atoms with Crippen LogP contribution in [-0.4, -0.2) is 36.1 Å². The van der Waals surface area contributed by atoms with Gasteiger partial charge in [0.1, 0.15) is 0 Å². The molecule has 0 aliphatic carbocycles. The Morgan fingerprint density at radius 2 is 1.24 bits per heavy atom. The molecule has 0 aliphatic rings. The quantitative estimate of drug-likeness (QED) is 0.472. The van der Waals surface area contributed by atoms with E-state index in [2.05, 4.69) is 77.5 Å². The van der Waals surface area contributed by atoms with E-state index >= 15 is 0 Å². The van der Waals surface area contributed by atoms with Gasteiger partial charge < -0.3 is 9.80 Å².